The SMILES string of the molecule is CCOC(=O)/C=C(C)/C=C/C=C(C)\C=C\C1=C(C)CCCC1(C)C. The number of carbonyl (C=O) groups is 1. The van der Waals surface area contributed by atoms with Crippen LogP contribution in [-0.2, 0) is 9.53 Å². The van der Waals surface area contributed by atoms with E-state index in [2.05, 4.69) is 45.9 Å². The van der Waals surface area contributed by atoms with E-state index in [0.717, 1.165) is 5.57 Å². The predicted molar refractivity (Wildman–Crippen MR) is 103 cm³/mol. The van der Waals surface area contributed by atoms with Crippen molar-refractivity contribution in [1.29, 1.82) is 0 Å². The Morgan fingerprint density at radius 3 is 2.54 bits per heavy atom. The molecule has 0 aromatic rings. The lowest BCUT2D eigenvalue weighted by Gasteiger charge is -2.32. The second-order valence-electron chi connectivity index (χ2n) is 7.17. The second-order valence-corrected chi connectivity index (χ2v) is 7.17. The highest BCUT2D eigenvalue weighted by molar-refractivity contribution is 5.83. The molecule has 0 bridgehead atoms. The summed E-state index contributed by atoms with van der Waals surface area (Å²) < 4.78 is 4.89. The lowest BCUT2D eigenvalue weighted by Crippen LogP contribution is -2.19. The molecule has 0 amide bonds. The molecule has 0 atom stereocenters. The van der Waals surface area contributed by atoms with Crippen molar-refractivity contribution in [3.63, 3.8) is 0 Å². The van der Waals surface area contributed by atoms with E-state index in [1.165, 1.54) is 42.1 Å². The summed E-state index contributed by atoms with van der Waals surface area (Å²) in [5, 5.41) is 0. The van der Waals surface area contributed by atoms with Crippen molar-refractivity contribution < 1.29 is 9.53 Å². The minimum absolute atomic E-state index is 0.272. The van der Waals surface area contributed by atoms with Gasteiger partial charge < -0.3 is 4.74 Å². The summed E-state index contributed by atoms with van der Waals surface area (Å²) in [6.07, 6.45) is 15.7. The highest BCUT2D eigenvalue weighted by Gasteiger charge is 2.26. The first-order chi connectivity index (χ1) is 11.3. The van der Waals surface area contributed by atoms with Gasteiger partial charge in [0, 0.05) is 6.08 Å². The molecule has 0 aliphatic heterocycles. The van der Waals surface area contributed by atoms with E-state index < -0.39 is 0 Å². The molecule has 0 N–H and O–H groups in total. The average molecular weight is 328 g/mol. The third kappa shape index (κ3) is 6.74. The lowest BCUT2D eigenvalue weighted by molar-refractivity contribution is -0.137. The summed E-state index contributed by atoms with van der Waals surface area (Å²) in [5.41, 5.74) is 5.33. The molecule has 0 unspecified atom stereocenters. The molecular weight excluding hydrogens is 296 g/mol. The maximum absolute atomic E-state index is 11.4. The van der Waals surface area contributed by atoms with E-state index in [1.54, 1.807) is 6.92 Å². The summed E-state index contributed by atoms with van der Waals surface area (Å²) in [5.74, 6) is -0.290. The van der Waals surface area contributed by atoms with E-state index in [0.29, 0.717) is 6.61 Å². The zero-order valence-corrected chi connectivity index (χ0v) is 16.1. The van der Waals surface area contributed by atoms with Crippen molar-refractivity contribution in [3.05, 3.63) is 58.7 Å². The van der Waals surface area contributed by atoms with Crippen molar-refractivity contribution in [2.24, 2.45) is 5.41 Å². The minimum atomic E-state index is -0.290. The van der Waals surface area contributed by atoms with Gasteiger partial charge in [-0.15, -0.1) is 0 Å². The third-order valence-corrected chi connectivity index (χ3v) is 4.41. The van der Waals surface area contributed by atoms with Crippen LogP contribution in [0.15, 0.2) is 58.7 Å². The quantitative estimate of drug-likeness (QED) is 0.335. The average Bonchev–Trinajstić information content (AvgIpc) is 2.46. The van der Waals surface area contributed by atoms with Crippen molar-refractivity contribution in [3.8, 4) is 0 Å². The van der Waals surface area contributed by atoms with Gasteiger partial charge in [-0.1, -0.05) is 55.4 Å². The van der Waals surface area contributed by atoms with Crippen LogP contribution in [0.5, 0.6) is 0 Å². The Labute approximate surface area is 147 Å². The van der Waals surface area contributed by atoms with Crippen LogP contribution in [0.1, 0.15) is 60.8 Å². The topological polar surface area (TPSA) is 26.3 Å². The molecule has 0 saturated carbocycles. The fourth-order valence-corrected chi connectivity index (χ4v) is 3.05. The molecule has 0 heterocycles. The lowest BCUT2D eigenvalue weighted by atomic mass is 9.72. The van der Waals surface area contributed by atoms with E-state index in [-0.39, 0.29) is 11.4 Å². The van der Waals surface area contributed by atoms with Crippen LogP contribution in [0.2, 0.25) is 0 Å². The van der Waals surface area contributed by atoms with Gasteiger partial charge in [0.15, 0.2) is 0 Å². The highest BCUT2D eigenvalue weighted by atomic mass is 16.5. The van der Waals surface area contributed by atoms with Gasteiger partial charge in [-0.25, -0.2) is 4.79 Å². The third-order valence-electron chi connectivity index (χ3n) is 4.41. The molecule has 132 valence electrons. The maximum atomic E-state index is 11.4. The van der Waals surface area contributed by atoms with Crippen LogP contribution in [0.4, 0.5) is 0 Å². The van der Waals surface area contributed by atoms with Gasteiger partial charge in [0.25, 0.3) is 0 Å². The Bertz CT molecular complexity index is 595. The Hall–Kier alpha value is -1.83. The summed E-state index contributed by atoms with van der Waals surface area (Å²) in [6.45, 7) is 13.1. The van der Waals surface area contributed by atoms with Gasteiger partial charge in [0.1, 0.15) is 0 Å². The number of hydrogen-bond acceptors (Lipinski definition) is 2. The molecule has 0 radical (unpaired) electrons. The van der Waals surface area contributed by atoms with Gasteiger partial charge in [-0.3, -0.25) is 0 Å². The predicted octanol–water partition coefficient (Wildman–Crippen LogP) is 6.08. The van der Waals surface area contributed by atoms with Crippen LogP contribution < -0.4 is 0 Å². The minimum Gasteiger partial charge on any atom is -0.463 e. The van der Waals surface area contributed by atoms with Crippen molar-refractivity contribution in [1.82, 2.24) is 0 Å². The fourth-order valence-electron chi connectivity index (χ4n) is 3.05. The van der Waals surface area contributed by atoms with Crippen LogP contribution in [0.3, 0.4) is 0 Å². The van der Waals surface area contributed by atoms with E-state index in [1.807, 2.05) is 19.1 Å². The molecule has 1 rings (SSSR count). The Morgan fingerprint density at radius 2 is 1.92 bits per heavy atom. The van der Waals surface area contributed by atoms with Gasteiger partial charge in [-0.05, 0) is 63.5 Å². The number of hydrogen-bond donors (Lipinski definition) is 0. The molecule has 2 heteroatoms. The van der Waals surface area contributed by atoms with Crippen molar-refractivity contribution in [2.75, 3.05) is 6.61 Å². The number of allylic oxidation sites excluding steroid dienone is 9. The first kappa shape index (κ1) is 20.2. The molecule has 0 saturated heterocycles. The second kappa shape index (κ2) is 9.46. The van der Waals surface area contributed by atoms with Gasteiger partial charge >= 0.3 is 5.97 Å². The molecule has 24 heavy (non-hydrogen) atoms. The Kier molecular flexibility index (Phi) is 7.97. The normalized spacial score (nSPS) is 19.4. The molecule has 2 nitrogen and oxygen atoms in total. The van der Waals surface area contributed by atoms with Gasteiger partial charge in [-0.2, -0.15) is 0 Å². The number of rotatable bonds is 6. The van der Waals surface area contributed by atoms with Crippen molar-refractivity contribution >= 4 is 5.97 Å². The van der Waals surface area contributed by atoms with Crippen LogP contribution in [0, 0.1) is 5.41 Å². The summed E-state index contributed by atoms with van der Waals surface area (Å²) in [6, 6.07) is 0. The monoisotopic (exact) mass is 328 g/mol. The standard InChI is InChI=1S/C22H32O2/c1-7-24-21(23)16-18(3)11-8-10-17(2)13-14-20-19(4)12-9-15-22(20,5)6/h8,10-11,13-14,16H,7,9,12,15H2,1-6H3/b11-8+,14-13+,17-10-,18-16+. The first-order valence-electron chi connectivity index (χ1n) is 8.84. The summed E-state index contributed by atoms with van der Waals surface area (Å²) in [7, 11) is 0. The van der Waals surface area contributed by atoms with E-state index in [9.17, 15) is 4.79 Å². The zero-order valence-electron chi connectivity index (χ0n) is 16.1. The maximum Gasteiger partial charge on any atom is 0.330 e. The van der Waals surface area contributed by atoms with Crippen LogP contribution in [0.25, 0.3) is 0 Å². The first-order valence-corrected chi connectivity index (χ1v) is 8.84. The molecular formula is C22H32O2. The van der Waals surface area contributed by atoms with Gasteiger partial charge in [0.2, 0.25) is 0 Å². The zero-order chi connectivity index (χ0) is 18.2. The summed E-state index contributed by atoms with van der Waals surface area (Å²) in [4.78, 5) is 11.4. The number of carbonyl (C=O) groups excluding carboxylic acids is 1. The Morgan fingerprint density at radius 1 is 1.21 bits per heavy atom. The van der Waals surface area contributed by atoms with Crippen LogP contribution >= 0.6 is 0 Å². The molecule has 0 aromatic heterocycles. The molecule has 1 aliphatic carbocycles. The van der Waals surface area contributed by atoms with E-state index in [4.69, 9.17) is 4.74 Å². The summed E-state index contributed by atoms with van der Waals surface area (Å²) >= 11 is 0. The van der Waals surface area contributed by atoms with Gasteiger partial charge in [0.05, 0.1) is 6.61 Å². The molecule has 1 aliphatic rings. The largest absolute Gasteiger partial charge is 0.463 e. The molecule has 0 fully saturated rings. The number of ether oxygens (including phenoxy) is 1. The Balaban J connectivity index is 2.73. The molecule has 0 spiro atoms. The van der Waals surface area contributed by atoms with Crippen LogP contribution in [-0.4, -0.2) is 12.6 Å². The fraction of sp³-hybridized carbons (Fsp3) is 0.500. The molecule has 0 aromatic carbocycles. The highest BCUT2D eigenvalue weighted by Crippen LogP contribution is 2.40. The smallest absolute Gasteiger partial charge is 0.330 e. The van der Waals surface area contributed by atoms with Crippen molar-refractivity contribution in [2.45, 2.75) is 60.8 Å². The van der Waals surface area contributed by atoms with E-state index >= 15 is 0 Å². The number of esters is 1.